The number of benzene rings is 1. The molecule has 2 fully saturated rings. The lowest BCUT2D eigenvalue weighted by Crippen LogP contribution is -2.33. The second-order valence-corrected chi connectivity index (χ2v) is 9.76. The van der Waals surface area contributed by atoms with Crippen LogP contribution in [0.3, 0.4) is 0 Å². The van der Waals surface area contributed by atoms with E-state index in [9.17, 15) is 18.0 Å². The molecule has 6 nitrogen and oxygen atoms in total. The molecular weight excluding hydrogens is 453 g/mol. The van der Waals surface area contributed by atoms with Crippen molar-refractivity contribution in [2.45, 2.75) is 25.4 Å². The minimum atomic E-state index is -4.12. The van der Waals surface area contributed by atoms with Gasteiger partial charge in [-0.2, -0.15) is 13.2 Å². The van der Waals surface area contributed by atoms with Crippen LogP contribution in [0.15, 0.2) is 35.3 Å². The van der Waals surface area contributed by atoms with Gasteiger partial charge in [0.25, 0.3) is 5.91 Å². The number of nitrogens with one attached hydrogen (secondary N) is 2. The van der Waals surface area contributed by atoms with Gasteiger partial charge >= 0.3 is 6.18 Å². The van der Waals surface area contributed by atoms with Gasteiger partial charge < -0.3 is 15.0 Å². The number of amides is 1. The molecule has 33 heavy (non-hydrogen) atoms. The van der Waals surface area contributed by atoms with E-state index < -0.39 is 12.7 Å². The Labute approximate surface area is 193 Å². The summed E-state index contributed by atoms with van der Waals surface area (Å²) in [5.41, 5.74) is 3.56. The summed E-state index contributed by atoms with van der Waals surface area (Å²) in [5, 5.41) is 5.44. The Balaban J connectivity index is 1.13. The summed E-state index contributed by atoms with van der Waals surface area (Å²) in [6.45, 7) is 0.886. The maximum absolute atomic E-state index is 12.6. The average Bonchev–Trinajstić information content (AvgIpc) is 3.51. The first kappa shape index (κ1) is 22.2. The lowest BCUT2D eigenvalue weighted by Gasteiger charge is -2.20. The van der Waals surface area contributed by atoms with Crippen LogP contribution < -0.4 is 10.1 Å². The number of aromatic nitrogens is 2. The first-order valence-corrected chi connectivity index (χ1v) is 12.0. The van der Waals surface area contributed by atoms with Crippen molar-refractivity contribution in [2.75, 3.05) is 31.6 Å². The van der Waals surface area contributed by atoms with Gasteiger partial charge in [0.05, 0.1) is 24.3 Å². The molecule has 3 heterocycles. The average molecular weight is 479 g/mol. The maximum Gasteiger partial charge on any atom is 0.401 e. The van der Waals surface area contributed by atoms with E-state index in [-0.39, 0.29) is 5.91 Å². The predicted molar refractivity (Wildman–Crippen MR) is 121 cm³/mol. The molecule has 0 radical (unpaired) electrons. The molecule has 1 amide bonds. The Morgan fingerprint density at radius 1 is 1.27 bits per heavy atom. The largest absolute Gasteiger partial charge is 0.494 e. The highest BCUT2D eigenvalue weighted by Crippen LogP contribution is 2.43. The number of alkyl halides is 3. The molecule has 3 aromatic rings. The van der Waals surface area contributed by atoms with Gasteiger partial charge in [0, 0.05) is 35.6 Å². The molecule has 0 bridgehead atoms. The molecule has 1 saturated carbocycles. The van der Waals surface area contributed by atoms with Gasteiger partial charge in [0.1, 0.15) is 11.4 Å². The Morgan fingerprint density at radius 2 is 2.06 bits per heavy atom. The van der Waals surface area contributed by atoms with Crippen LogP contribution in [0.5, 0.6) is 5.75 Å². The number of fused-ring (bicyclic) bond motifs is 2. The van der Waals surface area contributed by atoms with Crippen molar-refractivity contribution >= 4 is 33.8 Å². The zero-order valence-corrected chi connectivity index (χ0v) is 18.7. The summed E-state index contributed by atoms with van der Waals surface area (Å²) in [7, 11) is 0. The smallest absolute Gasteiger partial charge is 0.401 e. The molecule has 2 aliphatic rings. The van der Waals surface area contributed by atoms with Gasteiger partial charge in [0.2, 0.25) is 0 Å². The first-order valence-electron chi connectivity index (χ1n) is 11.1. The highest BCUT2D eigenvalue weighted by atomic mass is 32.1. The van der Waals surface area contributed by atoms with E-state index >= 15 is 0 Å². The highest BCUT2D eigenvalue weighted by molar-refractivity contribution is 7.07. The van der Waals surface area contributed by atoms with Crippen molar-refractivity contribution in [2.24, 2.45) is 17.8 Å². The third-order valence-corrected chi connectivity index (χ3v) is 7.27. The SMILES string of the molecule is O=C(Nc1c[nH]c2ccc(OCCC3C[C@@H]4CN(CC(F)(F)F)C[C@@H]4C3)cc12)c1cscn1. The Hall–Kier alpha value is -2.59. The van der Waals surface area contributed by atoms with Crippen LogP contribution in [0, 0.1) is 17.8 Å². The number of hydrogen-bond acceptors (Lipinski definition) is 5. The fourth-order valence-electron chi connectivity index (χ4n) is 5.29. The van der Waals surface area contributed by atoms with Crippen molar-refractivity contribution < 1.29 is 22.7 Å². The second-order valence-electron chi connectivity index (χ2n) is 9.04. The van der Waals surface area contributed by atoms with E-state index in [4.69, 9.17) is 4.74 Å². The van der Waals surface area contributed by atoms with Crippen LogP contribution in [0.1, 0.15) is 29.8 Å². The number of carbonyl (C=O) groups is 1. The van der Waals surface area contributed by atoms with Crippen molar-refractivity contribution in [3.05, 3.63) is 41.0 Å². The van der Waals surface area contributed by atoms with E-state index in [1.165, 1.54) is 11.3 Å². The van der Waals surface area contributed by atoms with Crippen LogP contribution in [-0.2, 0) is 0 Å². The van der Waals surface area contributed by atoms with Gasteiger partial charge in [-0.15, -0.1) is 11.3 Å². The van der Waals surface area contributed by atoms with E-state index in [2.05, 4.69) is 15.3 Å². The van der Waals surface area contributed by atoms with E-state index in [0.717, 1.165) is 35.9 Å². The molecule has 1 aliphatic heterocycles. The summed E-state index contributed by atoms with van der Waals surface area (Å²) in [4.78, 5) is 21.1. The van der Waals surface area contributed by atoms with E-state index in [1.807, 2.05) is 18.2 Å². The molecule has 1 aliphatic carbocycles. The summed E-state index contributed by atoms with van der Waals surface area (Å²) in [6, 6.07) is 5.71. The zero-order valence-electron chi connectivity index (χ0n) is 17.9. The summed E-state index contributed by atoms with van der Waals surface area (Å²) < 4.78 is 43.9. The number of carbonyl (C=O) groups excluding carboxylic acids is 1. The normalized spacial score (nSPS) is 23.2. The molecule has 1 saturated heterocycles. The number of H-pyrrole nitrogens is 1. The Morgan fingerprint density at radius 3 is 2.76 bits per heavy atom. The first-order chi connectivity index (χ1) is 15.8. The lowest BCUT2D eigenvalue weighted by atomic mass is 10.0. The maximum atomic E-state index is 12.6. The fourth-order valence-corrected chi connectivity index (χ4v) is 5.82. The molecule has 176 valence electrons. The number of rotatable bonds is 7. The van der Waals surface area contributed by atoms with Gasteiger partial charge in [0.15, 0.2) is 0 Å². The quantitative estimate of drug-likeness (QED) is 0.492. The van der Waals surface area contributed by atoms with Crippen LogP contribution in [0.2, 0.25) is 0 Å². The predicted octanol–water partition coefficient (Wildman–Crippen LogP) is 5.17. The number of hydrogen-bond donors (Lipinski definition) is 2. The topological polar surface area (TPSA) is 70.2 Å². The molecule has 1 unspecified atom stereocenters. The summed E-state index contributed by atoms with van der Waals surface area (Å²) in [5.74, 6) is 1.71. The standard InChI is InChI=1S/C23H25F3N4O2S/c24-23(25,26)12-30-9-15-5-14(6-16(15)10-30)3-4-32-17-1-2-19-18(7-17)20(8-27-19)29-22(31)21-11-33-13-28-21/h1-2,7-8,11,13-16,27H,3-6,9-10,12H2,(H,29,31)/t14?,15-,16+. The van der Waals surface area contributed by atoms with Gasteiger partial charge in [-0.3, -0.25) is 9.69 Å². The number of ether oxygens (including phenoxy) is 1. The van der Waals surface area contributed by atoms with Gasteiger partial charge in [-0.1, -0.05) is 0 Å². The molecule has 5 rings (SSSR count). The monoisotopic (exact) mass is 478 g/mol. The molecule has 2 N–H and O–H groups in total. The number of aromatic amines is 1. The minimum absolute atomic E-state index is 0.260. The van der Waals surface area contributed by atoms with Crippen molar-refractivity contribution in [3.8, 4) is 5.75 Å². The number of anilines is 1. The summed E-state index contributed by atoms with van der Waals surface area (Å²) >= 11 is 1.37. The highest BCUT2D eigenvalue weighted by Gasteiger charge is 2.43. The van der Waals surface area contributed by atoms with Crippen LogP contribution in [-0.4, -0.2) is 53.2 Å². The van der Waals surface area contributed by atoms with Gasteiger partial charge in [-0.25, -0.2) is 4.98 Å². The van der Waals surface area contributed by atoms with E-state index in [0.29, 0.717) is 48.8 Å². The minimum Gasteiger partial charge on any atom is -0.494 e. The van der Waals surface area contributed by atoms with Crippen molar-refractivity contribution in [1.82, 2.24) is 14.9 Å². The fraction of sp³-hybridized carbons (Fsp3) is 0.478. The van der Waals surface area contributed by atoms with Crippen molar-refractivity contribution in [1.29, 1.82) is 0 Å². The van der Waals surface area contributed by atoms with Gasteiger partial charge in [-0.05, 0) is 55.2 Å². The molecule has 1 aromatic carbocycles. The van der Waals surface area contributed by atoms with Crippen LogP contribution in [0.25, 0.3) is 10.9 Å². The van der Waals surface area contributed by atoms with Crippen molar-refractivity contribution in [3.63, 3.8) is 0 Å². The third kappa shape index (κ3) is 5.16. The molecular formula is C23H25F3N4O2S. The number of thiazole rings is 1. The number of likely N-dealkylation sites (tertiary alicyclic amines) is 1. The summed E-state index contributed by atoms with van der Waals surface area (Å²) in [6.07, 6.45) is 0.483. The molecule has 10 heteroatoms. The van der Waals surface area contributed by atoms with Crippen LogP contribution >= 0.6 is 11.3 Å². The Kier molecular flexibility index (Phi) is 6.05. The second kappa shape index (κ2) is 8.98. The lowest BCUT2D eigenvalue weighted by molar-refractivity contribution is -0.144. The number of halogens is 3. The molecule has 3 atom stereocenters. The molecule has 0 spiro atoms. The number of nitrogens with zero attached hydrogens (tertiary/aromatic N) is 2. The van der Waals surface area contributed by atoms with E-state index in [1.54, 1.807) is 22.0 Å². The Bertz CT molecular complexity index is 1100. The third-order valence-electron chi connectivity index (χ3n) is 6.69. The molecule has 2 aromatic heterocycles. The zero-order chi connectivity index (χ0) is 23.0. The van der Waals surface area contributed by atoms with Crippen LogP contribution in [0.4, 0.5) is 18.9 Å².